The number of hydrogen-bond acceptors (Lipinski definition) is 2. The highest BCUT2D eigenvalue weighted by Crippen LogP contribution is 2.12. The highest BCUT2D eigenvalue weighted by atomic mass is 35.5. The molecule has 4 nitrogen and oxygen atoms in total. The molecule has 7 heteroatoms. The lowest BCUT2D eigenvalue weighted by Crippen LogP contribution is -2.43. The first-order chi connectivity index (χ1) is 11.3. The van der Waals surface area contributed by atoms with Crippen molar-refractivity contribution in [2.45, 2.75) is 18.9 Å². The molecule has 0 unspecified atom stereocenters. The van der Waals surface area contributed by atoms with E-state index in [0.717, 1.165) is 12.1 Å². The van der Waals surface area contributed by atoms with Crippen molar-refractivity contribution in [1.82, 2.24) is 5.32 Å². The summed E-state index contributed by atoms with van der Waals surface area (Å²) in [5, 5.41) is 12.1. The quantitative estimate of drug-likeness (QED) is 0.839. The summed E-state index contributed by atoms with van der Waals surface area (Å²) in [6.45, 7) is 0. The van der Waals surface area contributed by atoms with E-state index in [-0.39, 0.29) is 18.4 Å². The fourth-order valence-corrected chi connectivity index (χ4v) is 2.27. The van der Waals surface area contributed by atoms with Crippen LogP contribution >= 0.6 is 11.6 Å². The van der Waals surface area contributed by atoms with Crippen LogP contribution in [-0.2, 0) is 22.4 Å². The Balaban J connectivity index is 2.02. The van der Waals surface area contributed by atoms with Crippen molar-refractivity contribution < 1.29 is 23.5 Å². The van der Waals surface area contributed by atoms with E-state index in [1.165, 1.54) is 0 Å². The maximum atomic E-state index is 13.5. The van der Waals surface area contributed by atoms with Crippen LogP contribution in [0.5, 0.6) is 0 Å². The molecule has 0 heterocycles. The lowest BCUT2D eigenvalue weighted by Gasteiger charge is -2.15. The molecule has 2 aromatic carbocycles. The Labute approximate surface area is 142 Å². The summed E-state index contributed by atoms with van der Waals surface area (Å²) in [7, 11) is 0. The lowest BCUT2D eigenvalue weighted by atomic mass is 10.1. The smallest absolute Gasteiger partial charge is 0.326 e. The van der Waals surface area contributed by atoms with Gasteiger partial charge in [0.1, 0.15) is 17.7 Å². The van der Waals surface area contributed by atoms with Crippen LogP contribution in [0.2, 0.25) is 5.02 Å². The summed E-state index contributed by atoms with van der Waals surface area (Å²) < 4.78 is 26.4. The largest absolute Gasteiger partial charge is 0.480 e. The highest BCUT2D eigenvalue weighted by molar-refractivity contribution is 6.30. The number of carbonyl (C=O) groups excluding carboxylic acids is 1. The van der Waals surface area contributed by atoms with Gasteiger partial charge in [-0.2, -0.15) is 0 Å². The van der Waals surface area contributed by atoms with E-state index in [2.05, 4.69) is 5.32 Å². The van der Waals surface area contributed by atoms with Gasteiger partial charge in [0.05, 0.1) is 6.42 Å². The Morgan fingerprint density at radius 3 is 2.38 bits per heavy atom. The third-order valence-electron chi connectivity index (χ3n) is 3.35. The van der Waals surface area contributed by atoms with Crippen molar-refractivity contribution >= 4 is 23.5 Å². The molecule has 0 fully saturated rings. The summed E-state index contributed by atoms with van der Waals surface area (Å²) in [6, 6.07) is 8.24. The van der Waals surface area contributed by atoms with Gasteiger partial charge in [-0.05, 0) is 29.3 Å². The average molecular weight is 354 g/mol. The normalized spacial score (nSPS) is 11.8. The molecule has 126 valence electrons. The number of carbonyl (C=O) groups is 2. The minimum absolute atomic E-state index is 0.00969. The van der Waals surface area contributed by atoms with Crippen molar-refractivity contribution in [3.8, 4) is 0 Å². The van der Waals surface area contributed by atoms with E-state index in [0.29, 0.717) is 16.7 Å². The Morgan fingerprint density at radius 2 is 1.79 bits per heavy atom. The van der Waals surface area contributed by atoms with Crippen LogP contribution in [0.4, 0.5) is 8.78 Å². The third kappa shape index (κ3) is 5.03. The van der Waals surface area contributed by atoms with Crippen LogP contribution in [0.25, 0.3) is 0 Å². The Morgan fingerprint density at radius 1 is 1.12 bits per heavy atom. The number of nitrogens with one attached hydrogen (secondary N) is 1. The number of amides is 1. The Bertz CT molecular complexity index is 750. The van der Waals surface area contributed by atoms with Crippen LogP contribution in [0, 0.1) is 11.6 Å². The highest BCUT2D eigenvalue weighted by Gasteiger charge is 2.21. The number of carboxylic acid groups (broad SMARTS) is 1. The van der Waals surface area contributed by atoms with Crippen molar-refractivity contribution in [3.05, 3.63) is 70.2 Å². The SMILES string of the molecule is O=C(Cc1ccc(F)cc1F)N[C@@H](Cc1ccc(Cl)cc1)C(=O)O. The Kier molecular flexibility index (Phi) is 5.87. The number of carboxylic acids is 1. The molecule has 1 atom stereocenters. The fraction of sp³-hybridized carbons (Fsp3) is 0.176. The van der Waals surface area contributed by atoms with Gasteiger partial charge in [-0.25, -0.2) is 13.6 Å². The number of aliphatic carboxylic acids is 1. The van der Waals surface area contributed by atoms with Crippen LogP contribution in [0.15, 0.2) is 42.5 Å². The van der Waals surface area contributed by atoms with Crippen LogP contribution in [-0.4, -0.2) is 23.0 Å². The molecule has 2 rings (SSSR count). The maximum absolute atomic E-state index is 13.5. The zero-order chi connectivity index (χ0) is 17.7. The van der Waals surface area contributed by atoms with E-state index in [1.807, 2.05) is 0 Å². The van der Waals surface area contributed by atoms with Crippen molar-refractivity contribution in [2.75, 3.05) is 0 Å². The van der Waals surface area contributed by atoms with Gasteiger partial charge in [-0.15, -0.1) is 0 Å². The van der Waals surface area contributed by atoms with Crippen LogP contribution in [0.3, 0.4) is 0 Å². The summed E-state index contributed by atoms with van der Waals surface area (Å²) >= 11 is 5.76. The second kappa shape index (κ2) is 7.88. The van der Waals surface area contributed by atoms with E-state index in [1.54, 1.807) is 24.3 Å². The summed E-state index contributed by atoms with van der Waals surface area (Å²) in [5.41, 5.74) is 0.671. The maximum Gasteiger partial charge on any atom is 0.326 e. The van der Waals surface area contributed by atoms with Gasteiger partial charge in [0.15, 0.2) is 0 Å². The average Bonchev–Trinajstić information content (AvgIpc) is 2.51. The molecule has 0 saturated heterocycles. The van der Waals surface area contributed by atoms with Gasteiger partial charge in [0.25, 0.3) is 0 Å². The monoisotopic (exact) mass is 353 g/mol. The molecule has 0 saturated carbocycles. The molecule has 2 N–H and O–H groups in total. The summed E-state index contributed by atoms with van der Waals surface area (Å²) in [5.74, 6) is -3.47. The number of rotatable bonds is 6. The topological polar surface area (TPSA) is 66.4 Å². The summed E-state index contributed by atoms with van der Waals surface area (Å²) in [6.07, 6.45) is -0.319. The molecule has 0 spiro atoms. The number of benzene rings is 2. The minimum Gasteiger partial charge on any atom is -0.480 e. The molecular weight excluding hydrogens is 340 g/mol. The summed E-state index contributed by atoms with van der Waals surface area (Å²) in [4.78, 5) is 23.3. The van der Waals surface area contributed by atoms with E-state index >= 15 is 0 Å². The first-order valence-corrected chi connectivity index (χ1v) is 7.43. The van der Waals surface area contributed by atoms with E-state index in [9.17, 15) is 23.5 Å². The molecule has 0 bridgehead atoms. The van der Waals surface area contributed by atoms with E-state index < -0.39 is 29.6 Å². The van der Waals surface area contributed by atoms with Gasteiger partial charge in [-0.1, -0.05) is 29.8 Å². The molecule has 24 heavy (non-hydrogen) atoms. The zero-order valence-electron chi connectivity index (χ0n) is 12.4. The number of hydrogen-bond donors (Lipinski definition) is 2. The van der Waals surface area contributed by atoms with Gasteiger partial charge < -0.3 is 10.4 Å². The molecule has 0 aliphatic rings. The molecule has 1 amide bonds. The molecule has 0 aliphatic heterocycles. The van der Waals surface area contributed by atoms with Crippen molar-refractivity contribution in [2.24, 2.45) is 0 Å². The molecule has 2 aromatic rings. The minimum atomic E-state index is -1.21. The van der Waals surface area contributed by atoms with Gasteiger partial charge in [-0.3, -0.25) is 4.79 Å². The lowest BCUT2D eigenvalue weighted by molar-refractivity contribution is -0.141. The molecule has 0 radical (unpaired) electrons. The molecular formula is C17H14ClF2NO3. The standard InChI is InChI=1S/C17H14ClF2NO3/c18-12-4-1-10(2-5-12)7-15(17(23)24)21-16(22)8-11-3-6-13(19)9-14(11)20/h1-6,9,15H,7-8H2,(H,21,22)(H,23,24)/t15-/m0/s1. The zero-order valence-corrected chi connectivity index (χ0v) is 13.2. The fourth-order valence-electron chi connectivity index (χ4n) is 2.14. The first kappa shape index (κ1) is 17.9. The molecule has 0 aromatic heterocycles. The van der Waals surface area contributed by atoms with Crippen molar-refractivity contribution in [1.29, 1.82) is 0 Å². The predicted octanol–water partition coefficient (Wildman–Crippen LogP) is 2.97. The second-order valence-corrected chi connectivity index (χ2v) is 5.64. The first-order valence-electron chi connectivity index (χ1n) is 7.05. The van der Waals surface area contributed by atoms with E-state index in [4.69, 9.17) is 11.6 Å². The second-order valence-electron chi connectivity index (χ2n) is 5.20. The Hall–Kier alpha value is -2.47. The molecule has 0 aliphatic carbocycles. The van der Waals surface area contributed by atoms with Crippen LogP contribution < -0.4 is 5.32 Å². The van der Waals surface area contributed by atoms with Gasteiger partial charge in [0.2, 0.25) is 5.91 Å². The van der Waals surface area contributed by atoms with Crippen molar-refractivity contribution in [3.63, 3.8) is 0 Å². The van der Waals surface area contributed by atoms with Gasteiger partial charge in [0, 0.05) is 17.5 Å². The van der Waals surface area contributed by atoms with Crippen LogP contribution in [0.1, 0.15) is 11.1 Å². The third-order valence-corrected chi connectivity index (χ3v) is 3.60. The number of halogens is 3. The van der Waals surface area contributed by atoms with Gasteiger partial charge >= 0.3 is 5.97 Å². The predicted molar refractivity (Wildman–Crippen MR) is 84.8 cm³/mol.